The van der Waals surface area contributed by atoms with E-state index in [1.165, 1.54) is 37.2 Å². The third kappa shape index (κ3) is 2.76. The minimum absolute atomic E-state index is 0.161. The third-order valence-electron chi connectivity index (χ3n) is 5.20. The number of hydrogen-bond donors (Lipinski definition) is 0. The van der Waals surface area contributed by atoms with E-state index >= 15 is 0 Å². The van der Waals surface area contributed by atoms with Crippen molar-refractivity contribution in [1.82, 2.24) is 0 Å². The molecule has 0 heterocycles. The van der Waals surface area contributed by atoms with Crippen molar-refractivity contribution >= 4 is 34.0 Å². The number of halogens is 1. The molecule has 0 aliphatic heterocycles. The van der Waals surface area contributed by atoms with E-state index in [1.807, 2.05) is 0 Å². The quantitative estimate of drug-likeness (QED) is 0.293. The molecule has 1 aliphatic carbocycles. The largest absolute Gasteiger partial charge is 0.330 e. The molecule has 0 saturated carbocycles. The number of rotatable bonds is 3. The van der Waals surface area contributed by atoms with Crippen molar-refractivity contribution in [2.24, 2.45) is 0 Å². The average molecular weight is 459 g/mol. The van der Waals surface area contributed by atoms with Crippen molar-refractivity contribution in [3.05, 3.63) is 118 Å². The molecule has 0 aromatic heterocycles. The molecule has 0 radical (unpaired) electrons. The van der Waals surface area contributed by atoms with Gasteiger partial charge in [0.05, 0.1) is 6.04 Å². The Bertz CT molecular complexity index is 1050. The molecule has 5 rings (SSSR count). The highest BCUT2D eigenvalue weighted by Crippen LogP contribution is 2.51. The van der Waals surface area contributed by atoms with Gasteiger partial charge in [-0.1, -0.05) is 72.8 Å². The summed E-state index contributed by atoms with van der Waals surface area (Å²) < 4.78 is 1.31. The van der Waals surface area contributed by atoms with Gasteiger partial charge >= 0.3 is 0 Å². The second kappa shape index (κ2) is 6.86. The first-order valence-electron chi connectivity index (χ1n) is 9.11. The van der Waals surface area contributed by atoms with Gasteiger partial charge in [0.2, 0.25) is 0 Å². The van der Waals surface area contributed by atoms with Gasteiger partial charge in [0.25, 0.3) is 0 Å². The number of anilines is 2. The van der Waals surface area contributed by atoms with E-state index in [0.717, 1.165) is 0 Å². The summed E-state index contributed by atoms with van der Waals surface area (Å²) in [6, 6.07) is 37.0. The number of benzene rings is 4. The Labute approximate surface area is 173 Å². The SMILES string of the molecule is Ic1cccc2c1C(N(c1ccccc1)c1ccccc1)c1ccccc1-2. The highest BCUT2D eigenvalue weighted by atomic mass is 127. The highest BCUT2D eigenvalue weighted by Gasteiger charge is 2.35. The molecule has 1 atom stereocenters. The molecule has 0 N–H and O–H groups in total. The first-order chi connectivity index (χ1) is 13.3. The Kier molecular flexibility index (Phi) is 4.21. The minimum atomic E-state index is 0.161. The van der Waals surface area contributed by atoms with Gasteiger partial charge in [-0.3, -0.25) is 0 Å². The topological polar surface area (TPSA) is 3.24 Å². The summed E-state index contributed by atoms with van der Waals surface area (Å²) in [5.41, 5.74) is 7.86. The van der Waals surface area contributed by atoms with Crippen LogP contribution in [0.25, 0.3) is 11.1 Å². The Morgan fingerprint density at radius 1 is 0.556 bits per heavy atom. The van der Waals surface area contributed by atoms with Crippen molar-refractivity contribution in [3.63, 3.8) is 0 Å². The molecule has 2 heteroatoms. The summed E-state index contributed by atoms with van der Waals surface area (Å²) in [7, 11) is 0. The van der Waals surface area contributed by atoms with Crippen LogP contribution >= 0.6 is 22.6 Å². The number of hydrogen-bond acceptors (Lipinski definition) is 1. The van der Waals surface area contributed by atoms with Gasteiger partial charge in [-0.15, -0.1) is 0 Å². The molecule has 27 heavy (non-hydrogen) atoms. The lowest BCUT2D eigenvalue weighted by Crippen LogP contribution is -2.23. The Morgan fingerprint density at radius 3 is 1.78 bits per heavy atom. The maximum atomic E-state index is 2.48. The molecule has 0 fully saturated rings. The molecule has 0 bridgehead atoms. The van der Waals surface area contributed by atoms with E-state index in [9.17, 15) is 0 Å². The van der Waals surface area contributed by atoms with E-state index in [0.29, 0.717) is 0 Å². The maximum absolute atomic E-state index is 2.48. The van der Waals surface area contributed by atoms with Crippen molar-refractivity contribution in [1.29, 1.82) is 0 Å². The van der Waals surface area contributed by atoms with Crippen LogP contribution in [0.3, 0.4) is 0 Å². The van der Waals surface area contributed by atoms with Crippen LogP contribution in [0.4, 0.5) is 11.4 Å². The van der Waals surface area contributed by atoms with Crippen molar-refractivity contribution in [2.75, 3.05) is 4.90 Å². The highest BCUT2D eigenvalue weighted by molar-refractivity contribution is 14.1. The zero-order valence-corrected chi connectivity index (χ0v) is 16.9. The smallest absolute Gasteiger partial charge is 0.0867 e. The second-order valence-corrected chi connectivity index (χ2v) is 7.89. The molecule has 0 amide bonds. The van der Waals surface area contributed by atoms with Crippen LogP contribution in [0.5, 0.6) is 0 Å². The van der Waals surface area contributed by atoms with Gasteiger partial charge in [-0.25, -0.2) is 0 Å². The van der Waals surface area contributed by atoms with E-state index in [1.54, 1.807) is 0 Å². The molecular weight excluding hydrogens is 441 g/mol. The average Bonchev–Trinajstić information content (AvgIpc) is 3.06. The maximum Gasteiger partial charge on any atom is 0.0867 e. The summed E-state index contributed by atoms with van der Waals surface area (Å²) in [4.78, 5) is 2.47. The lowest BCUT2D eigenvalue weighted by atomic mass is 10.0. The van der Waals surface area contributed by atoms with Crippen molar-refractivity contribution in [2.45, 2.75) is 6.04 Å². The number of para-hydroxylation sites is 2. The van der Waals surface area contributed by atoms with Crippen LogP contribution in [-0.2, 0) is 0 Å². The van der Waals surface area contributed by atoms with Gasteiger partial charge in [-0.2, -0.15) is 0 Å². The summed E-state index contributed by atoms with van der Waals surface area (Å²) >= 11 is 2.48. The van der Waals surface area contributed by atoms with E-state index in [4.69, 9.17) is 0 Å². The fraction of sp³-hybridized carbons (Fsp3) is 0.0400. The lowest BCUT2D eigenvalue weighted by molar-refractivity contribution is 0.838. The van der Waals surface area contributed by atoms with Crippen LogP contribution in [0.15, 0.2) is 103 Å². The number of fused-ring (bicyclic) bond motifs is 3. The molecule has 4 aromatic rings. The first-order valence-corrected chi connectivity index (χ1v) is 10.2. The Balaban J connectivity index is 1.80. The normalized spacial score (nSPS) is 14.5. The predicted octanol–water partition coefficient (Wildman–Crippen LogP) is 7.20. The van der Waals surface area contributed by atoms with Gasteiger partial charge in [0, 0.05) is 20.5 Å². The summed E-state index contributed by atoms with van der Waals surface area (Å²) in [6.07, 6.45) is 0. The second-order valence-electron chi connectivity index (χ2n) is 6.73. The van der Waals surface area contributed by atoms with Gasteiger partial charge in [0.15, 0.2) is 0 Å². The fourth-order valence-electron chi connectivity index (χ4n) is 4.08. The van der Waals surface area contributed by atoms with Crippen LogP contribution in [0, 0.1) is 3.57 Å². The first kappa shape index (κ1) is 16.6. The molecule has 4 aromatic carbocycles. The molecule has 130 valence electrons. The van der Waals surface area contributed by atoms with Crippen LogP contribution in [0.1, 0.15) is 17.2 Å². The molecule has 1 unspecified atom stereocenters. The predicted molar refractivity (Wildman–Crippen MR) is 121 cm³/mol. The van der Waals surface area contributed by atoms with Crippen molar-refractivity contribution < 1.29 is 0 Å². The molecule has 0 saturated heterocycles. The zero-order chi connectivity index (χ0) is 18.2. The fourth-order valence-corrected chi connectivity index (χ4v) is 4.87. The van der Waals surface area contributed by atoms with E-state index in [2.05, 4.69) is 131 Å². The van der Waals surface area contributed by atoms with Crippen LogP contribution in [0.2, 0.25) is 0 Å². The monoisotopic (exact) mass is 459 g/mol. The van der Waals surface area contributed by atoms with Gasteiger partial charge < -0.3 is 4.90 Å². The summed E-state index contributed by atoms with van der Waals surface area (Å²) in [5.74, 6) is 0. The van der Waals surface area contributed by atoms with Crippen LogP contribution < -0.4 is 4.90 Å². The van der Waals surface area contributed by atoms with Gasteiger partial charge in [0.1, 0.15) is 0 Å². The third-order valence-corrected chi connectivity index (χ3v) is 6.14. The van der Waals surface area contributed by atoms with Crippen molar-refractivity contribution in [3.8, 4) is 11.1 Å². The summed E-state index contributed by atoms with van der Waals surface area (Å²) in [6.45, 7) is 0. The van der Waals surface area contributed by atoms with Crippen LogP contribution in [-0.4, -0.2) is 0 Å². The molecule has 1 nitrogen and oxygen atoms in total. The number of nitrogens with zero attached hydrogens (tertiary/aromatic N) is 1. The van der Waals surface area contributed by atoms with E-state index < -0.39 is 0 Å². The van der Waals surface area contributed by atoms with E-state index in [-0.39, 0.29) is 6.04 Å². The van der Waals surface area contributed by atoms with Gasteiger partial charge in [-0.05, 0) is 69.6 Å². The molecular formula is C25H18IN. The molecule has 1 aliphatic rings. The lowest BCUT2D eigenvalue weighted by Gasteiger charge is -2.33. The zero-order valence-electron chi connectivity index (χ0n) is 14.7. The molecule has 0 spiro atoms. The minimum Gasteiger partial charge on any atom is -0.330 e. The Hall–Kier alpha value is -2.59. The standard InChI is InChI=1S/C25H18IN/c26-23-17-9-16-21-20-14-7-8-15-22(20)25(24(21)23)27(18-10-3-1-4-11-18)19-12-5-2-6-13-19/h1-17,25H. The Morgan fingerprint density at radius 2 is 1.11 bits per heavy atom. The summed E-state index contributed by atoms with van der Waals surface area (Å²) in [5, 5.41) is 0.